The number of hydrogen-bond acceptors (Lipinski definition) is 4. The number of fused-ring (bicyclic) bond motifs is 1. The Bertz CT molecular complexity index is 800. The third-order valence-corrected chi connectivity index (χ3v) is 5.78. The molecule has 0 aliphatic carbocycles. The quantitative estimate of drug-likeness (QED) is 0.407. The summed E-state index contributed by atoms with van der Waals surface area (Å²) < 4.78 is 11.5. The number of rotatable bonds is 8. The average Bonchev–Trinajstić information content (AvgIpc) is 2.76. The molecule has 29 heavy (non-hydrogen) atoms. The lowest BCUT2D eigenvalue weighted by molar-refractivity contribution is -0.00501. The molecule has 0 unspecified atom stereocenters. The number of aliphatic imine (C=N–C) groups is 1. The Morgan fingerprint density at radius 2 is 1.86 bits per heavy atom. The number of nitrogens with zero attached hydrogens (tertiary/aromatic N) is 2. The first-order valence-corrected chi connectivity index (χ1v) is 10.4. The second-order valence-electron chi connectivity index (χ2n) is 7.79. The fraction of sp³-hybridized carbons (Fsp3) is 0.522. The van der Waals surface area contributed by atoms with Gasteiger partial charge in [-0.05, 0) is 56.3 Å². The molecule has 2 aromatic carbocycles. The minimum atomic E-state index is 0.120. The lowest BCUT2D eigenvalue weighted by Crippen LogP contribution is -2.57. The van der Waals surface area contributed by atoms with Crippen molar-refractivity contribution in [1.82, 2.24) is 15.5 Å². The molecule has 0 spiro atoms. The standard InChI is InChI=1S/C23H34N4O2/c1-24-22(26-18-23(27(2)3)11-15-28-16-12-23)25-13-6-14-29-21-10-9-19-7-4-5-8-20(19)17-21/h4-5,7-10,17H,6,11-16,18H2,1-3H3,(H2,24,25,26). The van der Waals surface area contributed by atoms with Gasteiger partial charge in [-0.15, -0.1) is 0 Å². The minimum Gasteiger partial charge on any atom is -0.494 e. The van der Waals surface area contributed by atoms with Crippen LogP contribution in [0.15, 0.2) is 47.5 Å². The van der Waals surface area contributed by atoms with E-state index in [4.69, 9.17) is 9.47 Å². The number of likely N-dealkylation sites (N-methyl/N-ethyl adjacent to an activating group) is 1. The smallest absolute Gasteiger partial charge is 0.191 e. The maximum absolute atomic E-state index is 5.91. The van der Waals surface area contributed by atoms with Crippen LogP contribution in [0.1, 0.15) is 19.3 Å². The first-order chi connectivity index (χ1) is 14.1. The fourth-order valence-electron chi connectivity index (χ4n) is 3.73. The van der Waals surface area contributed by atoms with E-state index in [0.29, 0.717) is 6.61 Å². The summed E-state index contributed by atoms with van der Waals surface area (Å²) in [6.45, 7) is 3.97. The summed E-state index contributed by atoms with van der Waals surface area (Å²) >= 11 is 0. The predicted octanol–water partition coefficient (Wildman–Crippen LogP) is 2.88. The predicted molar refractivity (Wildman–Crippen MR) is 120 cm³/mol. The van der Waals surface area contributed by atoms with Crippen molar-refractivity contribution in [1.29, 1.82) is 0 Å². The zero-order valence-corrected chi connectivity index (χ0v) is 17.9. The fourth-order valence-corrected chi connectivity index (χ4v) is 3.73. The van der Waals surface area contributed by atoms with Gasteiger partial charge in [0.2, 0.25) is 0 Å². The second-order valence-corrected chi connectivity index (χ2v) is 7.79. The van der Waals surface area contributed by atoms with E-state index < -0.39 is 0 Å². The van der Waals surface area contributed by atoms with Crippen LogP contribution < -0.4 is 15.4 Å². The first-order valence-electron chi connectivity index (χ1n) is 10.4. The molecule has 0 saturated carbocycles. The van der Waals surface area contributed by atoms with E-state index in [1.165, 1.54) is 10.8 Å². The van der Waals surface area contributed by atoms with Crippen LogP contribution in [0.5, 0.6) is 5.75 Å². The molecule has 0 aromatic heterocycles. The maximum Gasteiger partial charge on any atom is 0.191 e. The molecule has 158 valence electrons. The van der Waals surface area contributed by atoms with E-state index in [-0.39, 0.29) is 5.54 Å². The monoisotopic (exact) mass is 398 g/mol. The minimum absolute atomic E-state index is 0.120. The van der Waals surface area contributed by atoms with Gasteiger partial charge in [-0.2, -0.15) is 0 Å². The van der Waals surface area contributed by atoms with Crippen LogP contribution in [0.3, 0.4) is 0 Å². The van der Waals surface area contributed by atoms with Crippen LogP contribution in [0.2, 0.25) is 0 Å². The molecule has 1 aliphatic heterocycles. The van der Waals surface area contributed by atoms with Crippen molar-refractivity contribution >= 4 is 16.7 Å². The summed E-state index contributed by atoms with van der Waals surface area (Å²) in [5.41, 5.74) is 0.120. The normalized spacial score (nSPS) is 16.8. The van der Waals surface area contributed by atoms with Crippen molar-refractivity contribution < 1.29 is 9.47 Å². The third-order valence-electron chi connectivity index (χ3n) is 5.78. The molecule has 1 aliphatic rings. The summed E-state index contributed by atoms with van der Waals surface area (Å²) in [7, 11) is 6.11. The first kappa shape index (κ1) is 21.4. The van der Waals surface area contributed by atoms with Gasteiger partial charge in [0.05, 0.1) is 6.61 Å². The van der Waals surface area contributed by atoms with Crippen molar-refractivity contribution in [2.75, 3.05) is 54.1 Å². The zero-order valence-electron chi connectivity index (χ0n) is 17.9. The summed E-state index contributed by atoms with van der Waals surface area (Å²) in [5, 5.41) is 9.32. The Kier molecular flexibility index (Phi) is 7.72. The summed E-state index contributed by atoms with van der Waals surface area (Å²) in [4.78, 5) is 6.67. The highest BCUT2D eigenvalue weighted by Gasteiger charge is 2.34. The molecule has 1 saturated heterocycles. The third kappa shape index (κ3) is 5.84. The van der Waals surface area contributed by atoms with Crippen LogP contribution in [0.25, 0.3) is 10.8 Å². The molecule has 0 atom stereocenters. The molecular weight excluding hydrogens is 364 g/mol. The maximum atomic E-state index is 5.91. The van der Waals surface area contributed by atoms with E-state index in [0.717, 1.165) is 57.3 Å². The Hall–Kier alpha value is -2.31. The second kappa shape index (κ2) is 10.5. The van der Waals surface area contributed by atoms with E-state index >= 15 is 0 Å². The molecule has 6 nitrogen and oxygen atoms in total. The van der Waals surface area contributed by atoms with Crippen LogP contribution in [-0.4, -0.2) is 70.5 Å². The van der Waals surface area contributed by atoms with Crippen molar-refractivity contribution in [2.24, 2.45) is 4.99 Å². The highest BCUT2D eigenvalue weighted by molar-refractivity contribution is 5.83. The Labute approximate surface area is 174 Å². The lowest BCUT2D eigenvalue weighted by atomic mass is 9.88. The van der Waals surface area contributed by atoms with Gasteiger partial charge < -0.3 is 25.0 Å². The number of hydrogen-bond donors (Lipinski definition) is 2. The average molecular weight is 399 g/mol. The molecule has 0 bridgehead atoms. The van der Waals surface area contributed by atoms with Gasteiger partial charge in [-0.3, -0.25) is 4.99 Å². The number of nitrogens with one attached hydrogen (secondary N) is 2. The van der Waals surface area contributed by atoms with E-state index in [9.17, 15) is 0 Å². The number of ether oxygens (including phenoxy) is 2. The summed E-state index contributed by atoms with van der Waals surface area (Å²) in [6.07, 6.45) is 2.97. The van der Waals surface area contributed by atoms with E-state index in [1.54, 1.807) is 0 Å². The number of benzene rings is 2. The SMILES string of the molecule is CN=C(NCCCOc1ccc2ccccc2c1)NCC1(N(C)C)CCOCC1. The molecule has 0 radical (unpaired) electrons. The Balaban J connectivity index is 1.39. The topological polar surface area (TPSA) is 58.1 Å². The molecular formula is C23H34N4O2. The Morgan fingerprint density at radius 1 is 1.10 bits per heavy atom. The largest absolute Gasteiger partial charge is 0.494 e. The van der Waals surface area contributed by atoms with Gasteiger partial charge in [0, 0.05) is 38.9 Å². The van der Waals surface area contributed by atoms with Crippen LogP contribution >= 0.6 is 0 Å². The van der Waals surface area contributed by atoms with E-state index in [2.05, 4.69) is 71.0 Å². The number of guanidine groups is 1. The van der Waals surface area contributed by atoms with Gasteiger partial charge in [-0.25, -0.2) is 0 Å². The van der Waals surface area contributed by atoms with Gasteiger partial charge in [-0.1, -0.05) is 30.3 Å². The highest BCUT2D eigenvalue weighted by Crippen LogP contribution is 2.25. The molecule has 0 amide bonds. The van der Waals surface area contributed by atoms with Crippen LogP contribution in [-0.2, 0) is 4.74 Å². The molecule has 3 rings (SSSR count). The van der Waals surface area contributed by atoms with Crippen molar-refractivity contribution in [3.63, 3.8) is 0 Å². The lowest BCUT2D eigenvalue weighted by Gasteiger charge is -2.43. The molecule has 6 heteroatoms. The highest BCUT2D eigenvalue weighted by atomic mass is 16.5. The van der Waals surface area contributed by atoms with Crippen molar-refractivity contribution in [3.8, 4) is 5.75 Å². The molecule has 1 heterocycles. The summed E-state index contributed by atoms with van der Waals surface area (Å²) in [6, 6.07) is 14.6. The van der Waals surface area contributed by atoms with Gasteiger partial charge >= 0.3 is 0 Å². The Morgan fingerprint density at radius 3 is 2.59 bits per heavy atom. The molecule has 1 fully saturated rings. The molecule has 2 aromatic rings. The van der Waals surface area contributed by atoms with E-state index in [1.807, 2.05) is 13.1 Å². The van der Waals surface area contributed by atoms with Gasteiger partial charge in [0.1, 0.15) is 5.75 Å². The van der Waals surface area contributed by atoms with Gasteiger partial charge in [0.25, 0.3) is 0 Å². The van der Waals surface area contributed by atoms with Gasteiger partial charge in [0.15, 0.2) is 5.96 Å². The van der Waals surface area contributed by atoms with Crippen molar-refractivity contribution in [2.45, 2.75) is 24.8 Å². The van der Waals surface area contributed by atoms with Crippen LogP contribution in [0, 0.1) is 0 Å². The zero-order chi connectivity index (χ0) is 20.5. The van der Waals surface area contributed by atoms with Crippen LogP contribution in [0.4, 0.5) is 0 Å². The molecule has 2 N–H and O–H groups in total. The summed E-state index contributed by atoms with van der Waals surface area (Å²) in [5.74, 6) is 1.75. The van der Waals surface area contributed by atoms with Crippen molar-refractivity contribution in [3.05, 3.63) is 42.5 Å².